The Labute approximate surface area is 148 Å². The van der Waals surface area contributed by atoms with Crippen molar-refractivity contribution in [3.8, 4) is 5.75 Å². The number of carbonyl (C=O) groups excluding carboxylic acids is 1. The van der Waals surface area contributed by atoms with Gasteiger partial charge < -0.3 is 10.1 Å². The molecule has 0 radical (unpaired) electrons. The Kier molecular flexibility index (Phi) is 5.81. The van der Waals surface area contributed by atoms with Gasteiger partial charge in [0.25, 0.3) is 0 Å². The van der Waals surface area contributed by atoms with Crippen LogP contribution in [0.5, 0.6) is 5.75 Å². The van der Waals surface area contributed by atoms with Crippen molar-refractivity contribution in [2.45, 2.75) is 25.7 Å². The van der Waals surface area contributed by atoms with E-state index in [4.69, 9.17) is 4.74 Å². The molecule has 0 aromatic heterocycles. The summed E-state index contributed by atoms with van der Waals surface area (Å²) in [7, 11) is -2.28. The van der Waals surface area contributed by atoms with Gasteiger partial charge in [-0.25, -0.2) is 13.1 Å². The summed E-state index contributed by atoms with van der Waals surface area (Å²) >= 11 is 0. The molecular formula is C18H22N2O4S. The van der Waals surface area contributed by atoms with Crippen molar-refractivity contribution >= 4 is 21.6 Å². The zero-order chi connectivity index (χ0) is 18.6. The van der Waals surface area contributed by atoms with Crippen LogP contribution in [0.3, 0.4) is 0 Å². The molecule has 0 atom stereocenters. The number of hydrogen-bond donors (Lipinski definition) is 2. The molecule has 6 nitrogen and oxygen atoms in total. The Balaban J connectivity index is 2.06. The van der Waals surface area contributed by atoms with Gasteiger partial charge in [-0.2, -0.15) is 0 Å². The lowest BCUT2D eigenvalue weighted by Crippen LogP contribution is -2.33. The summed E-state index contributed by atoms with van der Waals surface area (Å²) < 4.78 is 32.2. The van der Waals surface area contributed by atoms with Crippen molar-refractivity contribution in [1.29, 1.82) is 0 Å². The minimum atomic E-state index is -3.79. The molecule has 0 aliphatic heterocycles. The van der Waals surface area contributed by atoms with E-state index in [1.165, 1.54) is 13.2 Å². The number of aryl methyl sites for hydroxylation is 2. The zero-order valence-electron chi connectivity index (χ0n) is 14.7. The van der Waals surface area contributed by atoms with E-state index in [0.717, 1.165) is 11.1 Å². The van der Waals surface area contributed by atoms with Crippen molar-refractivity contribution < 1.29 is 17.9 Å². The molecule has 2 aromatic carbocycles. The number of methoxy groups -OCH3 is 1. The van der Waals surface area contributed by atoms with E-state index in [1.807, 2.05) is 26.0 Å². The highest BCUT2D eigenvalue weighted by atomic mass is 32.2. The number of nitrogens with one attached hydrogen (secondary N) is 2. The standard InChI is InChI=1S/C18H22N2O4S/c1-12-6-5-7-16(14(12)3)20-18(21)11-19-25(22,23)17-9-8-15(24-4)10-13(17)2/h5-10,19H,11H2,1-4H3,(H,20,21). The molecule has 1 amide bonds. The summed E-state index contributed by atoms with van der Waals surface area (Å²) in [6.07, 6.45) is 0. The molecule has 7 heteroatoms. The molecule has 2 rings (SSSR count). The van der Waals surface area contributed by atoms with Crippen LogP contribution in [-0.2, 0) is 14.8 Å². The lowest BCUT2D eigenvalue weighted by molar-refractivity contribution is -0.115. The van der Waals surface area contributed by atoms with Crippen molar-refractivity contribution in [3.63, 3.8) is 0 Å². The van der Waals surface area contributed by atoms with Crippen LogP contribution in [0.15, 0.2) is 41.3 Å². The van der Waals surface area contributed by atoms with E-state index < -0.39 is 15.9 Å². The number of benzene rings is 2. The molecule has 0 spiro atoms. The molecule has 0 aliphatic rings. The topological polar surface area (TPSA) is 84.5 Å². The second-order valence-electron chi connectivity index (χ2n) is 5.75. The molecule has 2 N–H and O–H groups in total. The smallest absolute Gasteiger partial charge is 0.241 e. The number of hydrogen-bond acceptors (Lipinski definition) is 4. The van der Waals surface area contributed by atoms with Crippen LogP contribution in [-0.4, -0.2) is 28.0 Å². The molecule has 0 saturated carbocycles. The lowest BCUT2D eigenvalue weighted by Gasteiger charge is -2.12. The van der Waals surface area contributed by atoms with Crippen LogP contribution in [0.4, 0.5) is 5.69 Å². The Hall–Kier alpha value is -2.38. The third kappa shape index (κ3) is 4.58. The maximum absolute atomic E-state index is 12.4. The highest BCUT2D eigenvalue weighted by Gasteiger charge is 2.18. The summed E-state index contributed by atoms with van der Waals surface area (Å²) in [4.78, 5) is 12.2. The van der Waals surface area contributed by atoms with Gasteiger partial charge in [0.2, 0.25) is 15.9 Å². The molecule has 2 aromatic rings. The second kappa shape index (κ2) is 7.67. The minimum absolute atomic E-state index is 0.118. The van der Waals surface area contributed by atoms with Gasteiger partial charge in [0.05, 0.1) is 18.6 Å². The molecule has 0 aliphatic carbocycles. The first-order valence-electron chi connectivity index (χ1n) is 7.75. The molecular weight excluding hydrogens is 340 g/mol. The number of rotatable bonds is 6. The fraction of sp³-hybridized carbons (Fsp3) is 0.278. The predicted octanol–water partition coefficient (Wildman–Crippen LogP) is 2.54. The van der Waals surface area contributed by atoms with Gasteiger partial charge in [0.1, 0.15) is 5.75 Å². The van der Waals surface area contributed by atoms with E-state index in [9.17, 15) is 13.2 Å². The van der Waals surface area contributed by atoms with E-state index in [1.54, 1.807) is 25.1 Å². The summed E-state index contributed by atoms with van der Waals surface area (Å²) in [6, 6.07) is 10.2. The fourth-order valence-electron chi connectivity index (χ4n) is 2.37. The molecule has 134 valence electrons. The largest absolute Gasteiger partial charge is 0.497 e. The quantitative estimate of drug-likeness (QED) is 0.827. The van der Waals surface area contributed by atoms with Gasteiger partial charge in [-0.15, -0.1) is 0 Å². The van der Waals surface area contributed by atoms with Crippen LogP contribution in [0, 0.1) is 20.8 Å². The number of sulfonamides is 1. The number of amides is 1. The van der Waals surface area contributed by atoms with Crippen LogP contribution >= 0.6 is 0 Å². The first kappa shape index (κ1) is 19.0. The Morgan fingerprint density at radius 1 is 1.08 bits per heavy atom. The van der Waals surface area contributed by atoms with E-state index in [0.29, 0.717) is 17.0 Å². The SMILES string of the molecule is COc1ccc(S(=O)(=O)NCC(=O)Nc2cccc(C)c2C)c(C)c1. The van der Waals surface area contributed by atoms with Gasteiger partial charge in [-0.1, -0.05) is 12.1 Å². The van der Waals surface area contributed by atoms with E-state index in [-0.39, 0.29) is 11.4 Å². The van der Waals surface area contributed by atoms with Gasteiger partial charge in [0.15, 0.2) is 0 Å². The van der Waals surface area contributed by atoms with Crippen LogP contribution in [0.25, 0.3) is 0 Å². The first-order chi connectivity index (χ1) is 11.7. The number of carbonyl (C=O) groups is 1. The third-order valence-corrected chi connectivity index (χ3v) is 5.53. The Morgan fingerprint density at radius 2 is 1.80 bits per heavy atom. The van der Waals surface area contributed by atoms with Gasteiger partial charge in [-0.3, -0.25) is 4.79 Å². The number of ether oxygens (including phenoxy) is 1. The molecule has 25 heavy (non-hydrogen) atoms. The Morgan fingerprint density at radius 3 is 2.44 bits per heavy atom. The predicted molar refractivity (Wildman–Crippen MR) is 97.5 cm³/mol. The summed E-state index contributed by atoms with van der Waals surface area (Å²) in [5.41, 5.74) is 3.21. The van der Waals surface area contributed by atoms with E-state index >= 15 is 0 Å². The molecule has 0 heterocycles. The monoisotopic (exact) mass is 362 g/mol. The highest BCUT2D eigenvalue weighted by Crippen LogP contribution is 2.21. The van der Waals surface area contributed by atoms with Gasteiger partial charge in [-0.05, 0) is 61.7 Å². The third-order valence-electron chi connectivity index (χ3n) is 3.97. The maximum atomic E-state index is 12.4. The highest BCUT2D eigenvalue weighted by molar-refractivity contribution is 7.89. The fourth-order valence-corrected chi connectivity index (χ4v) is 3.58. The second-order valence-corrected chi connectivity index (χ2v) is 7.49. The van der Waals surface area contributed by atoms with Crippen molar-refractivity contribution in [3.05, 3.63) is 53.1 Å². The molecule has 0 unspecified atom stereocenters. The van der Waals surface area contributed by atoms with Crippen molar-refractivity contribution in [2.24, 2.45) is 0 Å². The summed E-state index contributed by atoms with van der Waals surface area (Å²) in [5.74, 6) is 0.146. The van der Waals surface area contributed by atoms with E-state index in [2.05, 4.69) is 10.0 Å². The van der Waals surface area contributed by atoms with Gasteiger partial charge >= 0.3 is 0 Å². The average Bonchev–Trinajstić information content (AvgIpc) is 2.57. The lowest BCUT2D eigenvalue weighted by atomic mass is 10.1. The van der Waals surface area contributed by atoms with Crippen LogP contribution < -0.4 is 14.8 Å². The Bertz CT molecular complexity index is 892. The van der Waals surface area contributed by atoms with Gasteiger partial charge in [0, 0.05) is 5.69 Å². The minimum Gasteiger partial charge on any atom is -0.497 e. The molecule has 0 fully saturated rings. The van der Waals surface area contributed by atoms with Crippen LogP contribution in [0.2, 0.25) is 0 Å². The molecule has 0 bridgehead atoms. The summed E-state index contributed by atoms with van der Waals surface area (Å²) in [5, 5.41) is 2.72. The van der Waals surface area contributed by atoms with Crippen molar-refractivity contribution in [1.82, 2.24) is 4.72 Å². The molecule has 0 saturated heterocycles. The van der Waals surface area contributed by atoms with Crippen LogP contribution in [0.1, 0.15) is 16.7 Å². The average molecular weight is 362 g/mol. The summed E-state index contributed by atoms with van der Waals surface area (Å²) in [6.45, 7) is 5.17. The normalized spacial score (nSPS) is 11.2. The zero-order valence-corrected chi connectivity index (χ0v) is 15.5. The number of anilines is 1. The maximum Gasteiger partial charge on any atom is 0.241 e. The van der Waals surface area contributed by atoms with Crippen molar-refractivity contribution in [2.75, 3.05) is 19.0 Å². The first-order valence-corrected chi connectivity index (χ1v) is 9.23.